The van der Waals surface area contributed by atoms with E-state index in [1.165, 1.54) is 12.8 Å². The van der Waals surface area contributed by atoms with Gasteiger partial charge in [-0.05, 0) is 19.8 Å². The third-order valence-electron chi connectivity index (χ3n) is 4.17. The molecule has 5 nitrogen and oxygen atoms in total. The Bertz CT molecular complexity index is 516. The molecule has 1 aromatic heterocycles. The Labute approximate surface area is 123 Å². The van der Waals surface area contributed by atoms with E-state index >= 15 is 0 Å². The smallest absolute Gasteiger partial charge is 0.242 e. The highest BCUT2D eigenvalue weighted by Crippen LogP contribution is 2.28. The number of rotatable bonds is 2. The highest BCUT2D eigenvalue weighted by Gasteiger charge is 2.32. The van der Waals surface area contributed by atoms with Gasteiger partial charge in [0.25, 0.3) is 0 Å². The number of anilines is 1. The van der Waals surface area contributed by atoms with E-state index in [1.54, 1.807) is 6.20 Å². The maximum atomic E-state index is 12.4. The van der Waals surface area contributed by atoms with E-state index in [0.29, 0.717) is 29.3 Å². The Morgan fingerprint density at radius 1 is 1.30 bits per heavy atom. The molecule has 20 heavy (non-hydrogen) atoms. The zero-order valence-electron chi connectivity index (χ0n) is 11.7. The van der Waals surface area contributed by atoms with E-state index in [4.69, 9.17) is 11.6 Å². The van der Waals surface area contributed by atoms with Crippen molar-refractivity contribution < 1.29 is 4.79 Å². The SMILES string of the molecule is Cc1ncc(Cl)c(N2CCN(C3CCCC3)C(=O)C2)n1. The van der Waals surface area contributed by atoms with Gasteiger partial charge in [-0.2, -0.15) is 0 Å². The normalized spacial score (nSPS) is 20.8. The monoisotopic (exact) mass is 294 g/mol. The fourth-order valence-corrected chi connectivity index (χ4v) is 3.34. The van der Waals surface area contributed by atoms with E-state index in [-0.39, 0.29) is 5.91 Å². The molecule has 1 aromatic rings. The summed E-state index contributed by atoms with van der Waals surface area (Å²) in [5.41, 5.74) is 0. The van der Waals surface area contributed by atoms with Crippen LogP contribution >= 0.6 is 11.6 Å². The predicted molar refractivity (Wildman–Crippen MR) is 78.0 cm³/mol. The lowest BCUT2D eigenvalue weighted by atomic mass is 10.1. The molecule has 0 unspecified atom stereocenters. The van der Waals surface area contributed by atoms with Crippen molar-refractivity contribution in [1.82, 2.24) is 14.9 Å². The number of amides is 1. The van der Waals surface area contributed by atoms with E-state index in [0.717, 1.165) is 25.9 Å². The van der Waals surface area contributed by atoms with Gasteiger partial charge in [-0.1, -0.05) is 24.4 Å². The second kappa shape index (κ2) is 5.56. The molecule has 0 radical (unpaired) electrons. The van der Waals surface area contributed by atoms with Crippen LogP contribution in [0.2, 0.25) is 5.02 Å². The van der Waals surface area contributed by atoms with Crippen molar-refractivity contribution in [3.05, 3.63) is 17.0 Å². The molecule has 1 saturated heterocycles. The average Bonchev–Trinajstić information content (AvgIpc) is 2.95. The van der Waals surface area contributed by atoms with Crippen molar-refractivity contribution >= 4 is 23.3 Å². The van der Waals surface area contributed by atoms with Crippen LogP contribution in [-0.2, 0) is 4.79 Å². The fraction of sp³-hybridized carbons (Fsp3) is 0.643. The summed E-state index contributed by atoms with van der Waals surface area (Å²) in [7, 11) is 0. The van der Waals surface area contributed by atoms with Crippen LogP contribution in [0.3, 0.4) is 0 Å². The molecule has 1 aliphatic heterocycles. The lowest BCUT2D eigenvalue weighted by Gasteiger charge is -2.38. The molecule has 108 valence electrons. The molecular formula is C14H19ClN4O. The summed E-state index contributed by atoms with van der Waals surface area (Å²) in [5.74, 6) is 1.55. The minimum Gasteiger partial charge on any atom is -0.344 e. The van der Waals surface area contributed by atoms with Crippen LogP contribution in [0.4, 0.5) is 5.82 Å². The zero-order chi connectivity index (χ0) is 14.1. The van der Waals surface area contributed by atoms with Crippen LogP contribution in [0.15, 0.2) is 6.20 Å². The molecule has 2 fully saturated rings. The van der Waals surface area contributed by atoms with E-state index in [2.05, 4.69) is 9.97 Å². The topological polar surface area (TPSA) is 49.3 Å². The molecule has 0 atom stereocenters. The van der Waals surface area contributed by atoms with Gasteiger partial charge in [0.05, 0.1) is 12.7 Å². The first kappa shape index (κ1) is 13.6. The number of halogens is 1. The summed E-state index contributed by atoms with van der Waals surface area (Å²) in [5, 5.41) is 0.512. The van der Waals surface area contributed by atoms with Crippen molar-refractivity contribution in [2.24, 2.45) is 0 Å². The van der Waals surface area contributed by atoms with Crippen molar-refractivity contribution in [2.45, 2.75) is 38.6 Å². The van der Waals surface area contributed by atoms with Gasteiger partial charge in [0.1, 0.15) is 10.8 Å². The van der Waals surface area contributed by atoms with Crippen LogP contribution in [0.25, 0.3) is 0 Å². The minimum absolute atomic E-state index is 0.190. The Kier molecular flexibility index (Phi) is 3.78. The van der Waals surface area contributed by atoms with Gasteiger partial charge >= 0.3 is 0 Å². The van der Waals surface area contributed by atoms with Crippen molar-refractivity contribution in [3.63, 3.8) is 0 Å². The van der Waals surface area contributed by atoms with Crippen molar-refractivity contribution in [2.75, 3.05) is 24.5 Å². The third-order valence-corrected chi connectivity index (χ3v) is 4.43. The molecule has 0 bridgehead atoms. The van der Waals surface area contributed by atoms with Gasteiger partial charge in [0, 0.05) is 19.1 Å². The number of carbonyl (C=O) groups is 1. The number of nitrogens with zero attached hydrogens (tertiary/aromatic N) is 4. The maximum Gasteiger partial charge on any atom is 0.242 e. The van der Waals surface area contributed by atoms with E-state index < -0.39 is 0 Å². The predicted octanol–water partition coefficient (Wildman–Crippen LogP) is 2.03. The maximum absolute atomic E-state index is 12.4. The van der Waals surface area contributed by atoms with Gasteiger partial charge in [-0.3, -0.25) is 4.79 Å². The molecule has 1 aliphatic carbocycles. The molecule has 0 aromatic carbocycles. The summed E-state index contributed by atoms with van der Waals surface area (Å²) < 4.78 is 0. The number of aromatic nitrogens is 2. The molecule has 0 N–H and O–H groups in total. The van der Waals surface area contributed by atoms with Gasteiger partial charge in [-0.25, -0.2) is 9.97 Å². The van der Waals surface area contributed by atoms with Gasteiger partial charge in [-0.15, -0.1) is 0 Å². The van der Waals surface area contributed by atoms with Crippen LogP contribution in [-0.4, -0.2) is 46.5 Å². The molecule has 2 heterocycles. The van der Waals surface area contributed by atoms with Crippen molar-refractivity contribution in [3.8, 4) is 0 Å². The van der Waals surface area contributed by atoms with Gasteiger partial charge < -0.3 is 9.80 Å². The second-order valence-corrected chi connectivity index (χ2v) is 5.94. The highest BCUT2D eigenvalue weighted by atomic mass is 35.5. The molecule has 6 heteroatoms. The number of hydrogen-bond acceptors (Lipinski definition) is 4. The molecule has 0 spiro atoms. The lowest BCUT2D eigenvalue weighted by molar-refractivity contribution is -0.133. The largest absolute Gasteiger partial charge is 0.344 e. The first-order valence-corrected chi connectivity index (χ1v) is 7.56. The van der Waals surface area contributed by atoms with E-state index in [9.17, 15) is 4.79 Å². The molecule has 1 amide bonds. The highest BCUT2D eigenvalue weighted by molar-refractivity contribution is 6.32. The standard InChI is InChI=1S/C14H19ClN4O/c1-10-16-8-12(15)14(17-10)18-6-7-19(13(20)9-18)11-4-2-3-5-11/h8,11H,2-7,9H2,1H3. The molecular weight excluding hydrogens is 276 g/mol. The molecule has 2 aliphatic rings. The number of carbonyl (C=O) groups excluding carboxylic acids is 1. The number of piperazine rings is 1. The Morgan fingerprint density at radius 3 is 2.75 bits per heavy atom. The summed E-state index contributed by atoms with van der Waals surface area (Å²) in [6.45, 7) is 3.75. The summed E-state index contributed by atoms with van der Waals surface area (Å²) in [6, 6.07) is 0.451. The molecule has 1 saturated carbocycles. The summed E-state index contributed by atoms with van der Waals surface area (Å²) in [6.07, 6.45) is 6.40. The molecule has 3 rings (SSSR count). The van der Waals surface area contributed by atoms with Crippen LogP contribution in [0.5, 0.6) is 0 Å². The Hall–Kier alpha value is -1.36. The number of hydrogen-bond donors (Lipinski definition) is 0. The Balaban J connectivity index is 1.73. The summed E-state index contributed by atoms with van der Waals surface area (Å²) in [4.78, 5) is 24.8. The average molecular weight is 295 g/mol. The van der Waals surface area contributed by atoms with Crippen LogP contribution in [0, 0.1) is 6.92 Å². The van der Waals surface area contributed by atoms with Crippen LogP contribution in [0.1, 0.15) is 31.5 Å². The second-order valence-electron chi connectivity index (χ2n) is 5.54. The minimum atomic E-state index is 0.190. The van der Waals surface area contributed by atoms with Gasteiger partial charge in [0.2, 0.25) is 5.91 Å². The van der Waals surface area contributed by atoms with Crippen LogP contribution < -0.4 is 4.90 Å². The van der Waals surface area contributed by atoms with Crippen molar-refractivity contribution in [1.29, 1.82) is 0 Å². The zero-order valence-corrected chi connectivity index (χ0v) is 12.4. The van der Waals surface area contributed by atoms with Gasteiger partial charge in [0.15, 0.2) is 5.82 Å². The first-order valence-electron chi connectivity index (χ1n) is 7.18. The Morgan fingerprint density at radius 2 is 2.05 bits per heavy atom. The summed E-state index contributed by atoms with van der Waals surface area (Å²) >= 11 is 6.15. The van der Waals surface area contributed by atoms with E-state index in [1.807, 2.05) is 16.7 Å². The third kappa shape index (κ3) is 2.59. The fourth-order valence-electron chi connectivity index (χ4n) is 3.13. The lowest BCUT2D eigenvalue weighted by Crippen LogP contribution is -2.53. The first-order chi connectivity index (χ1) is 9.65. The number of aryl methyl sites for hydroxylation is 1. The quantitative estimate of drug-likeness (QED) is 0.837.